The third kappa shape index (κ3) is 3.78. The van der Waals surface area contributed by atoms with Crippen molar-refractivity contribution in [2.24, 2.45) is 0 Å². The standard InChI is InChI=1S/C12H19NO4S/c1-3-11(9-17-2)13-18(15,16)12-7-5-4-6-10(12)8-14/h4-7,11,13-14H,3,8-9H2,1-2H3. The topological polar surface area (TPSA) is 75.6 Å². The highest BCUT2D eigenvalue weighted by molar-refractivity contribution is 7.89. The van der Waals surface area contributed by atoms with Crippen LogP contribution in [0.15, 0.2) is 29.2 Å². The number of ether oxygens (including phenoxy) is 1. The van der Waals surface area contributed by atoms with Gasteiger partial charge in [0.25, 0.3) is 0 Å². The summed E-state index contributed by atoms with van der Waals surface area (Å²) >= 11 is 0. The third-order valence-electron chi connectivity index (χ3n) is 2.61. The second kappa shape index (κ2) is 6.84. The smallest absolute Gasteiger partial charge is 0.241 e. The van der Waals surface area contributed by atoms with E-state index in [-0.39, 0.29) is 17.5 Å². The Labute approximate surface area is 108 Å². The van der Waals surface area contributed by atoms with Crippen molar-refractivity contribution < 1.29 is 18.3 Å². The van der Waals surface area contributed by atoms with E-state index in [4.69, 9.17) is 9.84 Å². The third-order valence-corrected chi connectivity index (χ3v) is 4.24. The van der Waals surface area contributed by atoms with Crippen LogP contribution in [-0.4, -0.2) is 33.3 Å². The highest BCUT2D eigenvalue weighted by Crippen LogP contribution is 2.16. The molecule has 0 saturated carbocycles. The molecule has 1 aromatic carbocycles. The van der Waals surface area contributed by atoms with Gasteiger partial charge >= 0.3 is 0 Å². The van der Waals surface area contributed by atoms with Gasteiger partial charge in [0.1, 0.15) is 0 Å². The summed E-state index contributed by atoms with van der Waals surface area (Å²) in [6.07, 6.45) is 0.633. The summed E-state index contributed by atoms with van der Waals surface area (Å²) in [6.45, 7) is 1.89. The second-order valence-electron chi connectivity index (χ2n) is 3.95. The molecule has 0 aliphatic carbocycles. The van der Waals surface area contributed by atoms with Crippen molar-refractivity contribution in [1.29, 1.82) is 0 Å². The van der Waals surface area contributed by atoms with Crippen LogP contribution in [0.2, 0.25) is 0 Å². The van der Waals surface area contributed by atoms with Crippen molar-refractivity contribution >= 4 is 10.0 Å². The lowest BCUT2D eigenvalue weighted by molar-refractivity contribution is 0.173. The van der Waals surface area contributed by atoms with Gasteiger partial charge in [0.15, 0.2) is 0 Å². The van der Waals surface area contributed by atoms with Crippen LogP contribution in [0.1, 0.15) is 18.9 Å². The van der Waals surface area contributed by atoms with Crippen LogP contribution in [0.25, 0.3) is 0 Å². The minimum Gasteiger partial charge on any atom is -0.392 e. The molecule has 0 bridgehead atoms. The zero-order chi connectivity index (χ0) is 13.6. The van der Waals surface area contributed by atoms with E-state index < -0.39 is 10.0 Å². The summed E-state index contributed by atoms with van der Waals surface area (Å²) in [4.78, 5) is 0.113. The molecule has 0 fully saturated rings. The van der Waals surface area contributed by atoms with Crippen LogP contribution < -0.4 is 4.72 Å². The van der Waals surface area contributed by atoms with Crippen LogP contribution >= 0.6 is 0 Å². The molecule has 18 heavy (non-hydrogen) atoms. The lowest BCUT2D eigenvalue weighted by atomic mass is 10.2. The summed E-state index contributed by atoms with van der Waals surface area (Å²) in [5.74, 6) is 0. The van der Waals surface area contributed by atoms with Crippen molar-refractivity contribution in [3.63, 3.8) is 0 Å². The number of benzene rings is 1. The first-order valence-electron chi connectivity index (χ1n) is 5.75. The Morgan fingerprint density at radius 3 is 2.61 bits per heavy atom. The monoisotopic (exact) mass is 273 g/mol. The van der Waals surface area contributed by atoms with Gasteiger partial charge in [-0.15, -0.1) is 0 Å². The van der Waals surface area contributed by atoms with Gasteiger partial charge in [-0.2, -0.15) is 0 Å². The highest BCUT2D eigenvalue weighted by Gasteiger charge is 2.21. The SMILES string of the molecule is CCC(COC)NS(=O)(=O)c1ccccc1CO. The van der Waals surface area contributed by atoms with Gasteiger partial charge < -0.3 is 9.84 Å². The second-order valence-corrected chi connectivity index (χ2v) is 5.63. The zero-order valence-corrected chi connectivity index (χ0v) is 11.4. The largest absolute Gasteiger partial charge is 0.392 e. The fraction of sp³-hybridized carbons (Fsp3) is 0.500. The zero-order valence-electron chi connectivity index (χ0n) is 10.6. The lowest BCUT2D eigenvalue weighted by Crippen LogP contribution is -2.37. The summed E-state index contributed by atoms with van der Waals surface area (Å²) < 4.78 is 31.9. The maximum absolute atomic E-state index is 12.2. The van der Waals surface area contributed by atoms with E-state index in [0.29, 0.717) is 18.6 Å². The molecule has 5 nitrogen and oxygen atoms in total. The fourth-order valence-electron chi connectivity index (χ4n) is 1.62. The first-order valence-corrected chi connectivity index (χ1v) is 7.23. The molecule has 0 aliphatic rings. The predicted molar refractivity (Wildman–Crippen MR) is 68.6 cm³/mol. The van der Waals surface area contributed by atoms with E-state index in [0.717, 1.165) is 0 Å². The van der Waals surface area contributed by atoms with Gasteiger partial charge in [-0.1, -0.05) is 25.1 Å². The Morgan fingerprint density at radius 2 is 2.06 bits per heavy atom. The summed E-state index contributed by atoms with van der Waals surface area (Å²) in [6, 6.07) is 6.12. The number of nitrogens with one attached hydrogen (secondary N) is 1. The number of hydrogen-bond acceptors (Lipinski definition) is 4. The van der Waals surface area contributed by atoms with Crippen molar-refractivity contribution in [3.8, 4) is 0 Å². The highest BCUT2D eigenvalue weighted by atomic mass is 32.2. The van der Waals surface area contributed by atoms with E-state index in [2.05, 4.69) is 4.72 Å². The molecule has 2 N–H and O–H groups in total. The number of hydrogen-bond donors (Lipinski definition) is 2. The molecule has 102 valence electrons. The molecule has 1 aromatic rings. The van der Waals surface area contributed by atoms with E-state index in [9.17, 15) is 8.42 Å². The van der Waals surface area contributed by atoms with Gasteiger partial charge in [-0.25, -0.2) is 13.1 Å². The summed E-state index contributed by atoms with van der Waals surface area (Å²) in [5.41, 5.74) is 0.386. The van der Waals surface area contributed by atoms with E-state index in [1.165, 1.54) is 13.2 Å². The van der Waals surface area contributed by atoms with Crippen LogP contribution in [0.3, 0.4) is 0 Å². The van der Waals surface area contributed by atoms with Gasteiger partial charge in [0.2, 0.25) is 10.0 Å². The lowest BCUT2D eigenvalue weighted by Gasteiger charge is -2.17. The predicted octanol–water partition coefficient (Wildman–Crippen LogP) is 0.882. The summed E-state index contributed by atoms with van der Waals surface area (Å²) in [5, 5.41) is 9.16. The van der Waals surface area contributed by atoms with Crippen molar-refractivity contribution in [2.75, 3.05) is 13.7 Å². The van der Waals surface area contributed by atoms with Crippen LogP contribution in [0.5, 0.6) is 0 Å². The maximum atomic E-state index is 12.2. The first kappa shape index (κ1) is 15.1. The Bertz CT molecular complexity index is 473. The van der Waals surface area contributed by atoms with Gasteiger partial charge in [-0.3, -0.25) is 0 Å². The van der Waals surface area contributed by atoms with Gasteiger partial charge in [0, 0.05) is 13.2 Å². The molecule has 0 aromatic heterocycles. The van der Waals surface area contributed by atoms with Crippen molar-refractivity contribution in [2.45, 2.75) is 30.9 Å². The Kier molecular flexibility index (Phi) is 5.74. The molecule has 6 heteroatoms. The average molecular weight is 273 g/mol. The first-order chi connectivity index (χ1) is 8.55. The number of aliphatic hydroxyl groups excluding tert-OH is 1. The number of rotatable bonds is 7. The average Bonchev–Trinajstić information content (AvgIpc) is 2.38. The van der Waals surface area contributed by atoms with E-state index in [1.54, 1.807) is 18.2 Å². The molecule has 0 heterocycles. The van der Waals surface area contributed by atoms with E-state index in [1.807, 2.05) is 6.92 Å². The minimum absolute atomic E-state index is 0.113. The molecule has 0 spiro atoms. The molecular formula is C12H19NO4S. The quantitative estimate of drug-likeness (QED) is 0.773. The molecule has 0 saturated heterocycles. The molecule has 1 rings (SSSR count). The fourth-order valence-corrected chi connectivity index (χ4v) is 3.15. The number of methoxy groups -OCH3 is 1. The molecule has 0 aliphatic heterocycles. The Balaban J connectivity index is 2.98. The van der Waals surface area contributed by atoms with Gasteiger partial charge in [-0.05, 0) is 18.1 Å². The Hall–Kier alpha value is -0.950. The Morgan fingerprint density at radius 1 is 1.39 bits per heavy atom. The molecular weight excluding hydrogens is 254 g/mol. The number of aliphatic hydroxyl groups is 1. The number of sulfonamides is 1. The maximum Gasteiger partial charge on any atom is 0.241 e. The van der Waals surface area contributed by atoms with Crippen LogP contribution in [0, 0.1) is 0 Å². The molecule has 0 amide bonds. The van der Waals surface area contributed by atoms with Gasteiger partial charge in [0.05, 0.1) is 18.1 Å². The van der Waals surface area contributed by atoms with Crippen molar-refractivity contribution in [1.82, 2.24) is 4.72 Å². The molecule has 1 unspecified atom stereocenters. The normalized spacial score (nSPS) is 13.5. The van der Waals surface area contributed by atoms with Crippen LogP contribution in [0.4, 0.5) is 0 Å². The van der Waals surface area contributed by atoms with E-state index >= 15 is 0 Å². The molecule has 1 atom stereocenters. The minimum atomic E-state index is -3.63. The van der Waals surface area contributed by atoms with Crippen molar-refractivity contribution in [3.05, 3.63) is 29.8 Å². The summed E-state index contributed by atoms with van der Waals surface area (Å²) in [7, 11) is -2.10. The van der Waals surface area contributed by atoms with Crippen LogP contribution in [-0.2, 0) is 21.4 Å². The molecule has 0 radical (unpaired) electrons.